The minimum atomic E-state index is -3.42. The Morgan fingerprint density at radius 3 is 1.81 bits per heavy atom. The molecule has 0 heterocycles. The van der Waals surface area contributed by atoms with E-state index in [1.54, 1.807) is 0 Å². The normalized spacial score (nSPS) is 22.1. The Bertz CT molecular complexity index is 488. The maximum Gasteiger partial charge on any atom is 0.679 e. The van der Waals surface area contributed by atoms with E-state index in [2.05, 4.69) is 0 Å². The largest absolute Gasteiger partial charge is 0.679 e. The third-order valence-corrected chi connectivity index (χ3v) is 6.98. The van der Waals surface area contributed by atoms with Gasteiger partial charge in [-0.3, -0.25) is 9.59 Å². The standard InChI is InChI=1S/C18H32O8Si/c1-7-11-14-12-18(16(19)21-5,17(20)22-6)13-15(14)26-27(23-8-2,24-9-3)25-10-4/h7,11,14-15H,8-10,12-13H2,1-6H3/b11-7+/t14-,15-/m1/s1. The Kier molecular flexibility index (Phi) is 9.61. The van der Waals surface area contributed by atoms with Gasteiger partial charge in [0.25, 0.3) is 0 Å². The number of methoxy groups -OCH3 is 2. The van der Waals surface area contributed by atoms with Crippen LogP contribution in [0.15, 0.2) is 12.2 Å². The molecule has 0 unspecified atom stereocenters. The van der Waals surface area contributed by atoms with Gasteiger partial charge in [0.1, 0.15) is 0 Å². The molecular formula is C18H32O8Si. The molecule has 0 spiro atoms. The minimum absolute atomic E-state index is 0.101. The fourth-order valence-electron chi connectivity index (χ4n) is 3.43. The first-order valence-electron chi connectivity index (χ1n) is 9.27. The summed E-state index contributed by atoms with van der Waals surface area (Å²) in [5.41, 5.74) is -1.43. The zero-order valence-corrected chi connectivity index (χ0v) is 18.1. The lowest BCUT2D eigenvalue weighted by atomic mass is 9.85. The molecular weight excluding hydrogens is 372 g/mol. The molecule has 8 nitrogen and oxygen atoms in total. The van der Waals surface area contributed by atoms with Crippen molar-refractivity contribution in [3.05, 3.63) is 12.2 Å². The second-order valence-corrected chi connectivity index (χ2v) is 8.22. The Balaban J connectivity index is 3.25. The van der Waals surface area contributed by atoms with Crippen LogP contribution in [0.3, 0.4) is 0 Å². The highest BCUT2D eigenvalue weighted by molar-refractivity contribution is 6.53. The molecule has 0 aromatic rings. The van der Waals surface area contributed by atoms with Crippen LogP contribution < -0.4 is 0 Å². The fraction of sp³-hybridized carbons (Fsp3) is 0.778. The van der Waals surface area contributed by atoms with Crippen LogP contribution in [0.4, 0.5) is 0 Å². The van der Waals surface area contributed by atoms with E-state index in [-0.39, 0.29) is 18.8 Å². The van der Waals surface area contributed by atoms with Crippen molar-refractivity contribution in [1.29, 1.82) is 0 Å². The predicted octanol–water partition coefficient (Wildman–Crippen LogP) is 2.24. The molecule has 27 heavy (non-hydrogen) atoms. The van der Waals surface area contributed by atoms with Crippen LogP contribution >= 0.6 is 0 Å². The van der Waals surface area contributed by atoms with Gasteiger partial charge in [0.2, 0.25) is 0 Å². The van der Waals surface area contributed by atoms with E-state index in [1.165, 1.54) is 14.2 Å². The van der Waals surface area contributed by atoms with Crippen LogP contribution in [-0.4, -0.2) is 61.1 Å². The molecule has 2 atom stereocenters. The van der Waals surface area contributed by atoms with Crippen molar-refractivity contribution in [2.75, 3.05) is 34.0 Å². The first kappa shape index (κ1) is 23.8. The summed E-state index contributed by atoms with van der Waals surface area (Å²) in [4.78, 5) is 25.0. The molecule has 0 aromatic heterocycles. The Labute approximate surface area is 162 Å². The Hall–Kier alpha value is -1.26. The lowest BCUT2D eigenvalue weighted by Crippen LogP contribution is -2.52. The molecule has 1 aliphatic carbocycles. The second-order valence-electron chi connectivity index (χ2n) is 6.12. The van der Waals surface area contributed by atoms with Crippen LogP contribution in [-0.2, 0) is 36.8 Å². The lowest BCUT2D eigenvalue weighted by Gasteiger charge is -2.31. The molecule has 0 bridgehead atoms. The second kappa shape index (κ2) is 10.9. The summed E-state index contributed by atoms with van der Waals surface area (Å²) < 4.78 is 33.3. The Morgan fingerprint density at radius 2 is 1.44 bits per heavy atom. The molecule has 1 rings (SSSR count). The van der Waals surface area contributed by atoms with Gasteiger partial charge in [-0.25, -0.2) is 0 Å². The molecule has 9 heteroatoms. The predicted molar refractivity (Wildman–Crippen MR) is 99.5 cm³/mol. The molecule has 0 amide bonds. The number of carbonyl (C=O) groups excluding carboxylic acids is 2. The summed E-state index contributed by atoms with van der Waals surface area (Å²) in [5, 5.41) is 0. The van der Waals surface area contributed by atoms with E-state index >= 15 is 0 Å². The molecule has 0 radical (unpaired) electrons. The SMILES string of the molecule is C/C=C/[C@@H]1CC(C(=O)OC)(C(=O)OC)C[C@H]1O[Si](OCC)(OCC)OCC. The topological polar surface area (TPSA) is 89.5 Å². The van der Waals surface area contributed by atoms with E-state index in [0.29, 0.717) is 19.8 Å². The van der Waals surface area contributed by atoms with Crippen LogP contribution in [0, 0.1) is 11.3 Å². The number of hydrogen-bond acceptors (Lipinski definition) is 8. The third kappa shape index (κ3) is 5.38. The summed E-state index contributed by atoms with van der Waals surface area (Å²) in [5.74, 6) is -1.49. The van der Waals surface area contributed by atoms with E-state index in [1.807, 2.05) is 39.8 Å². The zero-order chi connectivity index (χ0) is 20.5. The van der Waals surface area contributed by atoms with Gasteiger partial charge in [-0.2, -0.15) is 0 Å². The summed E-state index contributed by atoms with van der Waals surface area (Å²) in [7, 11) is -0.911. The Morgan fingerprint density at radius 1 is 0.963 bits per heavy atom. The van der Waals surface area contributed by atoms with Crippen molar-refractivity contribution in [1.82, 2.24) is 0 Å². The summed E-state index contributed by atoms with van der Waals surface area (Å²) in [6.45, 7) is 8.41. The summed E-state index contributed by atoms with van der Waals surface area (Å²) in [6, 6.07) is 0. The van der Waals surface area contributed by atoms with Gasteiger partial charge in [-0.05, 0) is 40.5 Å². The van der Waals surface area contributed by atoms with E-state index in [9.17, 15) is 9.59 Å². The van der Waals surface area contributed by atoms with Gasteiger partial charge < -0.3 is 27.2 Å². The first-order valence-corrected chi connectivity index (χ1v) is 10.9. The number of hydrogen-bond donors (Lipinski definition) is 0. The van der Waals surface area contributed by atoms with E-state index in [4.69, 9.17) is 27.2 Å². The van der Waals surface area contributed by atoms with Crippen molar-refractivity contribution in [2.45, 2.75) is 46.6 Å². The van der Waals surface area contributed by atoms with Gasteiger partial charge in [0.15, 0.2) is 5.41 Å². The van der Waals surface area contributed by atoms with Crippen molar-refractivity contribution in [2.24, 2.45) is 11.3 Å². The first-order chi connectivity index (χ1) is 12.9. The fourth-order valence-corrected chi connectivity index (χ4v) is 5.57. The summed E-state index contributed by atoms with van der Waals surface area (Å²) in [6.07, 6.45) is 3.56. The van der Waals surface area contributed by atoms with Gasteiger partial charge in [0.05, 0.1) is 20.3 Å². The highest BCUT2D eigenvalue weighted by Crippen LogP contribution is 2.47. The monoisotopic (exact) mass is 404 g/mol. The molecule has 1 aliphatic rings. The lowest BCUT2D eigenvalue weighted by molar-refractivity contribution is -0.169. The maximum atomic E-state index is 12.5. The van der Waals surface area contributed by atoms with Crippen molar-refractivity contribution >= 4 is 21.0 Å². The number of rotatable bonds is 11. The average molecular weight is 405 g/mol. The van der Waals surface area contributed by atoms with Crippen molar-refractivity contribution in [3.8, 4) is 0 Å². The average Bonchev–Trinajstić information content (AvgIpc) is 3.00. The van der Waals surface area contributed by atoms with Crippen LogP contribution in [0.5, 0.6) is 0 Å². The highest BCUT2D eigenvalue weighted by Gasteiger charge is 2.60. The van der Waals surface area contributed by atoms with Gasteiger partial charge in [-0.1, -0.05) is 12.2 Å². The quantitative estimate of drug-likeness (QED) is 0.224. The third-order valence-electron chi connectivity index (χ3n) is 4.46. The minimum Gasteiger partial charge on any atom is -0.468 e. The molecule has 0 aromatic carbocycles. The van der Waals surface area contributed by atoms with E-state index < -0.39 is 32.5 Å². The van der Waals surface area contributed by atoms with Crippen LogP contribution in [0.2, 0.25) is 0 Å². The maximum absolute atomic E-state index is 12.5. The number of allylic oxidation sites excluding steroid dienone is 1. The zero-order valence-electron chi connectivity index (χ0n) is 17.1. The molecule has 1 fully saturated rings. The number of carbonyl (C=O) groups is 2. The van der Waals surface area contributed by atoms with Gasteiger partial charge >= 0.3 is 21.0 Å². The van der Waals surface area contributed by atoms with E-state index in [0.717, 1.165) is 0 Å². The molecule has 156 valence electrons. The number of esters is 2. The van der Waals surface area contributed by atoms with Crippen LogP contribution in [0.25, 0.3) is 0 Å². The van der Waals surface area contributed by atoms with Crippen molar-refractivity contribution in [3.63, 3.8) is 0 Å². The van der Waals surface area contributed by atoms with Gasteiger partial charge in [0, 0.05) is 25.7 Å². The molecule has 0 aliphatic heterocycles. The highest BCUT2D eigenvalue weighted by atomic mass is 28.4. The van der Waals surface area contributed by atoms with Crippen LogP contribution in [0.1, 0.15) is 40.5 Å². The van der Waals surface area contributed by atoms with Crippen molar-refractivity contribution < 1.29 is 36.8 Å². The smallest absolute Gasteiger partial charge is 0.468 e. The molecule has 0 saturated heterocycles. The van der Waals surface area contributed by atoms with Gasteiger partial charge in [-0.15, -0.1) is 0 Å². The molecule has 0 N–H and O–H groups in total. The number of ether oxygens (including phenoxy) is 2. The molecule has 1 saturated carbocycles. The summed E-state index contributed by atoms with van der Waals surface area (Å²) >= 11 is 0.